The van der Waals surface area contributed by atoms with E-state index in [1.165, 1.54) is 0 Å². The summed E-state index contributed by atoms with van der Waals surface area (Å²) in [6.07, 6.45) is 4.01. The third kappa shape index (κ3) is 5.33. The first kappa shape index (κ1) is 14.2. The Bertz CT molecular complexity index is 280. The highest BCUT2D eigenvalue weighted by Gasteiger charge is 2.27. The van der Waals surface area contributed by atoms with E-state index in [1.54, 1.807) is 0 Å². The number of rotatable bonds is 3. The average molecular weight is 240 g/mol. The summed E-state index contributed by atoms with van der Waals surface area (Å²) in [5.41, 5.74) is -0.502. The van der Waals surface area contributed by atoms with Crippen LogP contribution in [0.3, 0.4) is 0 Å². The Labute approximate surface area is 104 Å². The van der Waals surface area contributed by atoms with Crippen molar-refractivity contribution in [3.05, 3.63) is 0 Å². The van der Waals surface area contributed by atoms with Crippen molar-refractivity contribution < 1.29 is 14.3 Å². The van der Waals surface area contributed by atoms with Crippen LogP contribution in [0.5, 0.6) is 0 Å². The van der Waals surface area contributed by atoms with Gasteiger partial charge in [-0.2, -0.15) is 0 Å². The lowest BCUT2D eigenvalue weighted by Crippen LogP contribution is -2.28. The lowest BCUT2D eigenvalue weighted by molar-refractivity contribution is -0.156. The van der Waals surface area contributed by atoms with Gasteiger partial charge in [0, 0.05) is 5.92 Å². The van der Waals surface area contributed by atoms with Crippen LogP contribution in [0.4, 0.5) is 0 Å². The van der Waals surface area contributed by atoms with Crippen molar-refractivity contribution in [1.82, 2.24) is 0 Å². The molecule has 1 rings (SSSR count). The quantitative estimate of drug-likeness (QED) is 0.562. The van der Waals surface area contributed by atoms with E-state index in [0.717, 1.165) is 31.6 Å². The Morgan fingerprint density at radius 1 is 1.12 bits per heavy atom. The second-order valence-corrected chi connectivity index (χ2v) is 6.19. The normalized spacial score (nSPS) is 25.4. The summed E-state index contributed by atoms with van der Waals surface area (Å²) in [6, 6.07) is 0. The van der Waals surface area contributed by atoms with E-state index in [0.29, 0.717) is 0 Å². The maximum Gasteiger partial charge on any atom is 0.313 e. The fourth-order valence-corrected chi connectivity index (χ4v) is 2.25. The van der Waals surface area contributed by atoms with Gasteiger partial charge in [0.15, 0.2) is 0 Å². The number of esters is 1. The zero-order valence-corrected chi connectivity index (χ0v) is 11.4. The molecule has 0 radical (unpaired) electrons. The van der Waals surface area contributed by atoms with Gasteiger partial charge in [0.25, 0.3) is 0 Å². The van der Waals surface area contributed by atoms with Gasteiger partial charge in [0.2, 0.25) is 0 Å². The van der Waals surface area contributed by atoms with E-state index in [-0.39, 0.29) is 24.1 Å². The molecule has 17 heavy (non-hydrogen) atoms. The van der Waals surface area contributed by atoms with Crippen LogP contribution in [-0.4, -0.2) is 17.4 Å². The van der Waals surface area contributed by atoms with Gasteiger partial charge in [0.1, 0.15) is 17.8 Å². The third-order valence-electron chi connectivity index (χ3n) is 3.21. The van der Waals surface area contributed by atoms with Gasteiger partial charge in [-0.3, -0.25) is 9.59 Å². The first-order valence-corrected chi connectivity index (χ1v) is 6.52. The van der Waals surface area contributed by atoms with Crippen LogP contribution in [0, 0.1) is 11.8 Å². The van der Waals surface area contributed by atoms with Crippen LogP contribution < -0.4 is 0 Å². The summed E-state index contributed by atoms with van der Waals surface area (Å²) in [7, 11) is 0. The monoisotopic (exact) mass is 240 g/mol. The second-order valence-electron chi connectivity index (χ2n) is 6.19. The van der Waals surface area contributed by atoms with Crippen LogP contribution in [0.2, 0.25) is 0 Å². The van der Waals surface area contributed by atoms with Crippen molar-refractivity contribution in [2.75, 3.05) is 0 Å². The van der Waals surface area contributed by atoms with E-state index >= 15 is 0 Å². The smallest absolute Gasteiger partial charge is 0.313 e. The van der Waals surface area contributed by atoms with Crippen molar-refractivity contribution in [2.45, 2.75) is 65.4 Å². The fraction of sp³-hybridized carbons (Fsp3) is 0.857. The highest BCUT2D eigenvalue weighted by molar-refractivity contribution is 5.96. The van der Waals surface area contributed by atoms with Gasteiger partial charge in [0.05, 0.1) is 0 Å². The van der Waals surface area contributed by atoms with Crippen LogP contribution in [-0.2, 0) is 14.3 Å². The Kier molecular flexibility index (Phi) is 4.72. The maximum absolute atomic E-state index is 11.9. The zero-order chi connectivity index (χ0) is 13.1. The maximum atomic E-state index is 11.9. The molecule has 3 nitrogen and oxygen atoms in total. The summed E-state index contributed by atoms with van der Waals surface area (Å²) in [5, 5.41) is 0. The number of ketones is 1. The summed E-state index contributed by atoms with van der Waals surface area (Å²) in [5.74, 6) is 0.478. The highest BCUT2D eigenvalue weighted by Crippen LogP contribution is 2.29. The molecule has 0 amide bonds. The molecule has 0 heterocycles. The molecular formula is C14H24O3. The molecule has 98 valence electrons. The first-order chi connectivity index (χ1) is 7.78. The number of carbonyl (C=O) groups is 2. The van der Waals surface area contributed by atoms with E-state index in [4.69, 9.17) is 4.74 Å². The Morgan fingerprint density at radius 3 is 2.12 bits per heavy atom. The number of Topliss-reactive ketones (excluding diaryl/α,β-unsaturated/α-hetero) is 1. The molecule has 0 saturated heterocycles. The van der Waals surface area contributed by atoms with Crippen LogP contribution in [0.1, 0.15) is 59.8 Å². The molecule has 0 aromatic rings. The molecule has 0 N–H and O–H groups in total. The van der Waals surface area contributed by atoms with E-state index in [2.05, 4.69) is 6.92 Å². The molecule has 0 aromatic heterocycles. The van der Waals surface area contributed by atoms with Crippen molar-refractivity contribution in [2.24, 2.45) is 11.8 Å². The van der Waals surface area contributed by atoms with Crippen molar-refractivity contribution >= 4 is 11.8 Å². The molecule has 1 saturated carbocycles. The largest absolute Gasteiger partial charge is 0.460 e. The summed E-state index contributed by atoms with van der Waals surface area (Å²) >= 11 is 0. The number of hydrogen-bond donors (Lipinski definition) is 0. The molecule has 3 heteroatoms. The topological polar surface area (TPSA) is 43.4 Å². The van der Waals surface area contributed by atoms with Gasteiger partial charge >= 0.3 is 5.97 Å². The molecular weight excluding hydrogens is 216 g/mol. The number of carbonyl (C=O) groups excluding carboxylic acids is 2. The molecule has 1 fully saturated rings. The SMILES string of the molecule is CC1CCC(C(=O)CC(=O)OC(C)(C)C)CC1. The minimum atomic E-state index is -0.502. The van der Waals surface area contributed by atoms with Gasteiger partial charge in [-0.25, -0.2) is 0 Å². The molecule has 0 unspecified atom stereocenters. The summed E-state index contributed by atoms with van der Waals surface area (Å²) < 4.78 is 5.16. The Balaban J connectivity index is 2.36. The van der Waals surface area contributed by atoms with Crippen LogP contribution in [0.15, 0.2) is 0 Å². The first-order valence-electron chi connectivity index (χ1n) is 6.52. The Hall–Kier alpha value is -0.860. The minimum Gasteiger partial charge on any atom is -0.460 e. The second kappa shape index (κ2) is 5.65. The molecule has 0 atom stereocenters. The minimum absolute atomic E-state index is 0.0592. The summed E-state index contributed by atoms with van der Waals surface area (Å²) in [4.78, 5) is 23.4. The average Bonchev–Trinajstić information content (AvgIpc) is 2.15. The number of hydrogen-bond acceptors (Lipinski definition) is 3. The van der Waals surface area contributed by atoms with Crippen LogP contribution in [0.25, 0.3) is 0 Å². The lowest BCUT2D eigenvalue weighted by Gasteiger charge is -2.25. The molecule has 0 aromatic carbocycles. The van der Waals surface area contributed by atoms with Gasteiger partial charge in [-0.1, -0.05) is 19.8 Å². The summed E-state index contributed by atoms with van der Waals surface area (Å²) in [6.45, 7) is 7.67. The standard InChI is InChI=1S/C14H24O3/c1-10-5-7-11(8-6-10)12(15)9-13(16)17-14(2,3)4/h10-11H,5-9H2,1-4H3. The zero-order valence-electron chi connectivity index (χ0n) is 11.4. The van der Waals surface area contributed by atoms with Crippen molar-refractivity contribution in [1.29, 1.82) is 0 Å². The molecule has 1 aliphatic rings. The van der Waals surface area contributed by atoms with E-state index in [9.17, 15) is 9.59 Å². The molecule has 1 aliphatic carbocycles. The van der Waals surface area contributed by atoms with Gasteiger partial charge in [-0.05, 0) is 39.5 Å². The predicted octanol–water partition coefficient (Wildman–Crippen LogP) is 3.11. The van der Waals surface area contributed by atoms with Crippen molar-refractivity contribution in [3.63, 3.8) is 0 Å². The van der Waals surface area contributed by atoms with E-state index < -0.39 is 5.60 Å². The third-order valence-corrected chi connectivity index (χ3v) is 3.21. The Morgan fingerprint density at radius 2 is 1.65 bits per heavy atom. The highest BCUT2D eigenvalue weighted by atomic mass is 16.6. The van der Waals surface area contributed by atoms with Crippen LogP contribution >= 0.6 is 0 Å². The van der Waals surface area contributed by atoms with Gasteiger partial charge < -0.3 is 4.74 Å². The molecule has 0 bridgehead atoms. The van der Waals surface area contributed by atoms with E-state index in [1.807, 2.05) is 20.8 Å². The predicted molar refractivity (Wildman–Crippen MR) is 66.6 cm³/mol. The van der Waals surface area contributed by atoms with Gasteiger partial charge in [-0.15, -0.1) is 0 Å². The van der Waals surface area contributed by atoms with Crippen molar-refractivity contribution in [3.8, 4) is 0 Å². The molecule has 0 aliphatic heterocycles. The molecule has 0 spiro atoms. The number of ether oxygens (including phenoxy) is 1. The fourth-order valence-electron chi connectivity index (χ4n) is 2.25. The lowest BCUT2D eigenvalue weighted by atomic mass is 9.80.